The van der Waals surface area contributed by atoms with E-state index in [1.54, 1.807) is 41.9 Å². The molecule has 10 heteroatoms. The maximum atomic E-state index is 13.7. The molecule has 0 unspecified atom stereocenters. The van der Waals surface area contributed by atoms with Gasteiger partial charge in [0.15, 0.2) is 5.03 Å². The van der Waals surface area contributed by atoms with Gasteiger partial charge in [0.25, 0.3) is 10.0 Å². The van der Waals surface area contributed by atoms with E-state index in [0.717, 1.165) is 12.0 Å². The molecule has 0 fully saturated rings. The van der Waals surface area contributed by atoms with Gasteiger partial charge < -0.3 is 14.4 Å². The predicted octanol–water partition coefficient (Wildman–Crippen LogP) is 6.42. The van der Waals surface area contributed by atoms with Crippen LogP contribution in [0.2, 0.25) is 0 Å². The van der Waals surface area contributed by atoms with Crippen molar-refractivity contribution in [2.75, 3.05) is 4.72 Å². The molecule has 0 aliphatic carbocycles. The third kappa shape index (κ3) is 6.98. The average molecular weight is 584 g/mol. The van der Waals surface area contributed by atoms with Crippen LogP contribution < -0.4 is 4.72 Å². The normalized spacial score (nSPS) is 18.7. The summed E-state index contributed by atoms with van der Waals surface area (Å²) >= 11 is 0. The molecule has 0 radical (unpaired) electrons. The van der Waals surface area contributed by atoms with Crippen molar-refractivity contribution in [3.63, 3.8) is 0 Å². The predicted molar refractivity (Wildman–Crippen MR) is 155 cm³/mol. The minimum atomic E-state index is -3.93. The summed E-state index contributed by atoms with van der Waals surface area (Å²) in [5.74, 6) is -1.49. The smallest absolute Gasteiger partial charge is 0.338 e. The van der Waals surface area contributed by atoms with Crippen molar-refractivity contribution in [1.29, 1.82) is 0 Å². The van der Waals surface area contributed by atoms with E-state index in [2.05, 4.69) is 9.71 Å². The van der Waals surface area contributed by atoms with Gasteiger partial charge in [0, 0.05) is 31.3 Å². The monoisotopic (exact) mass is 583 g/mol. The van der Waals surface area contributed by atoms with E-state index in [-0.39, 0.29) is 28.6 Å². The molecule has 2 aromatic carbocycles. The number of aromatic nitrogens is 2. The van der Waals surface area contributed by atoms with Crippen molar-refractivity contribution in [3.05, 3.63) is 89.3 Å². The van der Waals surface area contributed by atoms with E-state index in [1.807, 2.05) is 33.8 Å². The number of hydrogen-bond acceptors (Lipinski definition) is 6. The van der Waals surface area contributed by atoms with Crippen LogP contribution in [0.4, 0.5) is 10.1 Å². The highest BCUT2D eigenvalue weighted by molar-refractivity contribution is 7.92. The Hall–Kier alpha value is -3.66. The number of imidazole rings is 1. The highest BCUT2D eigenvalue weighted by Crippen LogP contribution is 2.47. The fourth-order valence-electron chi connectivity index (χ4n) is 5.59. The van der Waals surface area contributed by atoms with E-state index >= 15 is 0 Å². The number of carbonyl (C=O) groups is 1. The fourth-order valence-corrected chi connectivity index (χ4v) is 6.62. The Morgan fingerprint density at radius 3 is 2.46 bits per heavy atom. The molecule has 1 aromatic heterocycles. The second-order valence-electron chi connectivity index (χ2n) is 11.9. The number of benzene rings is 2. The number of cyclic esters (lactones) is 1. The van der Waals surface area contributed by atoms with Crippen molar-refractivity contribution in [2.45, 2.75) is 76.3 Å². The van der Waals surface area contributed by atoms with Crippen LogP contribution in [0.3, 0.4) is 0 Å². The molecule has 41 heavy (non-hydrogen) atoms. The van der Waals surface area contributed by atoms with Gasteiger partial charge in [0.2, 0.25) is 0 Å². The fraction of sp³-hybridized carbons (Fsp3) is 0.419. The molecule has 2 heterocycles. The van der Waals surface area contributed by atoms with E-state index in [4.69, 9.17) is 4.74 Å². The van der Waals surface area contributed by atoms with Gasteiger partial charge in [-0.15, -0.1) is 0 Å². The lowest BCUT2D eigenvalue weighted by Crippen LogP contribution is -2.43. The van der Waals surface area contributed by atoms with Crippen molar-refractivity contribution >= 4 is 21.7 Å². The molecule has 1 aliphatic heterocycles. The lowest BCUT2D eigenvalue weighted by Gasteiger charge is -2.41. The van der Waals surface area contributed by atoms with Crippen LogP contribution in [0, 0.1) is 11.2 Å². The number of aliphatic hydroxyl groups excluding tert-OH is 1. The van der Waals surface area contributed by atoms with Crippen molar-refractivity contribution in [2.24, 2.45) is 12.5 Å². The van der Waals surface area contributed by atoms with E-state index in [1.165, 1.54) is 24.7 Å². The number of nitrogens with zero attached hydrogens (tertiary/aromatic N) is 2. The molecular formula is C31H38FN3O5S. The van der Waals surface area contributed by atoms with Gasteiger partial charge in [0.1, 0.15) is 17.2 Å². The number of anilines is 1. The Kier molecular flexibility index (Phi) is 8.63. The van der Waals surface area contributed by atoms with Crippen molar-refractivity contribution < 1.29 is 27.4 Å². The van der Waals surface area contributed by atoms with E-state index in [0.29, 0.717) is 30.5 Å². The number of aliphatic hydroxyl groups is 1. The summed E-state index contributed by atoms with van der Waals surface area (Å²) in [6, 6.07) is 13.1. The molecule has 4 rings (SSSR count). The number of ether oxygens (including phenoxy) is 1. The molecule has 0 bridgehead atoms. The number of rotatable bonds is 10. The van der Waals surface area contributed by atoms with Crippen molar-refractivity contribution in [3.8, 4) is 0 Å². The highest BCUT2D eigenvalue weighted by atomic mass is 32.2. The van der Waals surface area contributed by atoms with E-state index in [9.17, 15) is 22.7 Å². The first-order valence-electron chi connectivity index (χ1n) is 13.7. The minimum Gasteiger partial charge on any atom is -0.512 e. The first kappa shape index (κ1) is 30.3. The van der Waals surface area contributed by atoms with Gasteiger partial charge in [-0.2, -0.15) is 8.42 Å². The van der Waals surface area contributed by atoms with Gasteiger partial charge >= 0.3 is 5.97 Å². The van der Waals surface area contributed by atoms with Crippen molar-refractivity contribution in [1.82, 2.24) is 9.55 Å². The lowest BCUT2D eigenvalue weighted by molar-refractivity contribution is -0.161. The Bertz CT molecular complexity index is 1540. The Morgan fingerprint density at radius 2 is 1.88 bits per heavy atom. The molecule has 1 aliphatic rings. The zero-order chi connectivity index (χ0) is 30.0. The zero-order valence-corrected chi connectivity index (χ0v) is 25.0. The number of hydrogen-bond donors (Lipinski definition) is 2. The zero-order valence-electron chi connectivity index (χ0n) is 24.1. The highest BCUT2D eigenvalue weighted by Gasteiger charge is 2.46. The summed E-state index contributed by atoms with van der Waals surface area (Å²) in [7, 11) is -2.24. The summed E-state index contributed by atoms with van der Waals surface area (Å²) in [4.78, 5) is 17.6. The first-order valence-corrected chi connectivity index (χ1v) is 15.2. The largest absolute Gasteiger partial charge is 0.512 e. The molecule has 2 atom stereocenters. The third-order valence-corrected chi connectivity index (χ3v) is 8.67. The van der Waals surface area contributed by atoms with E-state index < -0.39 is 32.9 Å². The maximum Gasteiger partial charge on any atom is 0.338 e. The molecule has 0 saturated carbocycles. The Labute approximate surface area is 241 Å². The van der Waals surface area contributed by atoms with Gasteiger partial charge in [-0.3, -0.25) is 4.72 Å². The van der Waals surface area contributed by atoms with Crippen LogP contribution >= 0.6 is 0 Å². The molecule has 2 N–H and O–H groups in total. The summed E-state index contributed by atoms with van der Waals surface area (Å²) in [6.07, 6.45) is 5.36. The molecule has 0 saturated heterocycles. The van der Waals surface area contributed by atoms with Crippen LogP contribution in [0.25, 0.3) is 0 Å². The standard InChI is InChI=1S/C31H38FN3O5S/c1-6-15-31(16-14-21-10-12-23(32)13-11-21)18-25(36)27(29(37)40-31)28(30(2,3)4)22-8-7-9-24(17-22)34-41(38,39)26-19-35(5)20-33-26/h7-13,17,19-20,28,34,36H,6,14-16,18H2,1-5H3/t28-,31+/m0/s1. The van der Waals surface area contributed by atoms with Crippen LogP contribution in [-0.4, -0.2) is 34.6 Å². The van der Waals surface area contributed by atoms with Gasteiger partial charge in [-0.25, -0.2) is 14.2 Å². The van der Waals surface area contributed by atoms with Crippen LogP contribution in [-0.2, 0) is 33.0 Å². The van der Waals surface area contributed by atoms with Gasteiger partial charge in [-0.1, -0.05) is 58.4 Å². The number of aryl methyl sites for hydroxylation is 2. The number of esters is 1. The second-order valence-corrected chi connectivity index (χ2v) is 13.5. The molecular weight excluding hydrogens is 545 g/mol. The topological polar surface area (TPSA) is 111 Å². The molecule has 220 valence electrons. The second kappa shape index (κ2) is 11.7. The number of nitrogens with one attached hydrogen (secondary N) is 1. The number of halogens is 1. The number of sulfonamides is 1. The lowest BCUT2D eigenvalue weighted by atomic mass is 9.70. The summed E-state index contributed by atoms with van der Waals surface area (Å²) in [5, 5.41) is 11.3. The maximum absolute atomic E-state index is 13.7. The van der Waals surface area contributed by atoms with Crippen LogP contribution in [0.5, 0.6) is 0 Å². The molecule has 8 nitrogen and oxygen atoms in total. The summed E-state index contributed by atoms with van der Waals surface area (Å²) in [6.45, 7) is 7.87. The molecule has 3 aromatic rings. The van der Waals surface area contributed by atoms with Crippen LogP contribution in [0.15, 0.2) is 77.4 Å². The van der Waals surface area contributed by atoms with Gasteiger partial charge in [-0.05, 0) is 60.1 Å². The number of carbonyl (C=O) groups excluding carboxylic acids is 1. The SMILES string of the molecule is CCC[C@@]1(CCc2ccc(F)cc2)CC(O)=C([C@H](c2cccc(NS(=O)(=O)c3cn(C)cn3)c2)C(C)(C)C)C(=O)O1. The molecule has 0 spiro atoms. The summed E-state index contributed by atoms with van der Waals surface area (Å²) < 4.78 is 49.4. The minimum absolute atomic E-state index is 0.0202. The summed E-state index contributed by atoms with van der Waals surface area (Å²) in [5.41, 5.74) is 0.661. The quantitative estimate of drug-likeness (QED) is 0.267. The average Bonchev–Trinajstić information content (AvgIpc) is 3.33. The Morgan fingerprint density at radius 1 is 1.17 bits per heavy atom. The molecule has 0 amide bonds. The Balaban J connectivity index is 1.65. The first-order chi connectivity index (χ1) is 19.2. The van der Waals surface area contributed by atoms with Gasteiger partial charge in [0.05, 0.1) is 11.9 Å². The third-order valence-electron chi connectivity index (χ3n) is 7.40. The van der Waals surface area contributed by atoms with Crippen LogP contribution in [0.1, 0.15) is 70.4 Å².